The van der Waals surface area contributed by atoms with Crippen molar-refractivity contribution in [2.75, 3.05) is 7.11 Å². The number of esters is 1. The van der Waals surface area contributed by atoms with Crippen molar-refractivity contribution in [3.63, 3.8) is 0 Å². The van der Waals surface area contributed by atoms with E-state index in [4.69, 9.17) is 10.5 Å². The molecule has 2 fully saturated rings. The number of methoxy groups -OCH3 is 1. The molecule has 2 aliphatic carbocycles. The van der Waals surface area contributed by atoms with Crippen molar-refractivity contribution in [2.24, 2.45) is 17.6 Å². The Kier molecular flexibility index (Phi) is 5.84. The third kappa shape index (κ3) is 3.80. The molecule has 0 unspecified atom stereocenters. The lowest BCUT2D eigenvalue weighted by atomic mass is 9.75. The molecule has 0 radical (unpaired) electrons. The van der Waals surface area contributed by atoms with Gasteiger partial charge >= 0.3 is 5.97 Å². The SMILES string of the molecule is CCC1CCC(NC(=O)C[C@@H]2CCC[C@H]2N)(C(=O)OC)CC1. The van der Waals surface area contributed by atoms with Crippen LogP contribution in [0.2, 0.25) is 0 Å². The molecule has 0 bridgehead atoms. The van der Waals surface area contributed by atoms with Gasteiger partial charge in [0.2, 0.25) is 5.91 Å². The van der Waals surface area contributed by atoms with Gasteiger partial charge < -0.3 is 15.8 Å². The van der Waals surface area contributed by atoms with Gasteiger partial charge in [0.1, 0.15) is 5.54 Å². The molecule has 3 N–H and O–H groups in total. The molecule has 5 heteroatoms. The Morgan fingerprint density at radius 2 is 1.91 bits per heavy atom. The summed E-state index contributed by atoms with van der Waals surface area (Å²) in [5.41, 5.74) is 5.22. The number of carbonyl (C=O) groups is 2. The second kappa shape index (κ2) is 7.44. The Hall–Kier alpha value is -1.10. The molecule has 22 heavy (non-hydrogen) atoms. The standard InChI is InChI=1S/C17H30N2O3/c1-3-12-7-9-17(10-8-12,16(21)22-2)19-15(20)11-13-5-4-6-14(13)18/h12-14H,3-11,18H2,1-2H3,(H,19,20)/t12?,13-,14+,17?/m0/s1. The van der Waals surface area contributed by atoms with Crippen molar-refractivity contribution < 1.29 is 14.3 Å². The summed E-state index contributed by atoms with van der Waals surface area (Å²) in [5, 5.41) is 3.01. The van der Waals surface area contributed by atoms with Crippen LogP contribution in [0.4, 0.5) is 0 Å². The molecule has 0 saturated heterocycles. The van der Waals surface area contributed by atoms with Crippen LogP contribution in [0.1, 0.15) is 64.7 Å². The molecule has 126 valence electrons. The summed E-state index contributed by atoms with van der Waals surface area (Å²) in [7, 11) is 1.40. The molecular formula is C17H30N2O3. The van der Waals surface area contributed by atoms with Crippen LogP contribution in [0, 0.1) is 11.8 Å². The van der Waals surface area contributed by atoms with Crippen molar-refractivity contribution in [1.29, 1.82) is 0 Å². The second-order valence-electron chi connectivity index (χ2n) is 7.03. The highest BCUT2D eigenvalue weighted by Crippen LogP contribution is 2.35. The lowest BCUT2D eigenvalue weighted by molar-refractivity contribution is -0.153. The lowest BCUT2D eigenvalue weighted by Crippen LogP contribution is -2.57. The number of carbonyl (C=O) groups excluding carboxylic acids is 2. The van der Waals surface area contributed by atoms with E-state index in [0.29, 0.717) is 25.2 Å². The molecule has 0 aliphatic heterocycles. The number of ether oxygens (including phenoxy) is 1. The van der Waals surface area contributed by atoms with E-state index in [0.717, 1.165) is 38.5 Å². The fraction of sp³-hybridized carbons (Fsp3) is 0.882. The van der Waals surface area contributed by atoms with E-state index in [1.54, 1.807) is 0 Å². The van der Waals surface area contributed by atoms with Crippen LogP contribution in [-0.4, -0.2) is 30.6 Å². The summed E-state index contributed by atoms with van der Waals surface area (Å²) in [6, 6.07) is 0.121. The molecule has 2 atom stereocenters. The quantitative estimate of drug-likeness (QED) is 0.762. The zero-order valence-corrected chi connectivity index (χ0v) is 13.9. The van der Waals surface area contributed by atoms with Crippen LogP contribution in [0.25, 0.3) is 0 Å². The van der Waals surface area contributed by atoms with E-state index in [-0.39, 0.29) is 23.8 Å². The number of hydrogen-bond donors (Lipinski definition) is 2. The largest absolute Gasteiger partial charge is 0.467 e. The average Bonchev–Trinajstić information content (AvgIpc) is 2.92. The lowest BCUT2D eigenvalue weighted by Gasteiger charge is -2.38. The van der Waals surface area contributed by atoms with Crippen LogP contribution in [0.3, 0.4) is 0 Å². The van der Waals surface area contributed by atoms with Gasteiger partial charge in [-0.05, 0) is 50.4 Å². The summed E-state index contributed by atoms with van der Waals surface area (Å²) >= 11 is 0. The zero-order valence-electron chi connectivity index (χ0n) is 13.9. The van der Waals surface area contributed by atoms with E-state index in [1.165, 1.54) is 7.11 Å². The Morgan fingerprint density at radius 1 is 1.23 bits per heavy atom. The first-order valence-electron chi connectivity index (χ1n) is 8.65. The number of nitrogens with two attached hydrogens (primary N) is 1. The molecule has 0 aromatic carbocycles. The summed E-state index contributed by atoms with van der Waals surface area (Å²) in [4.78, 5) is 24.7. The number of hydrogen-bond acceptors (Lipinski definition) is 4. The molecule has 5 nitrogen and oxygen atoms in total. The first-order chi connectivity index (χ1) is 10.5. The monoisotopic (exact) mass is 310 g/mol. The Labute approximate surface area is 133 Å². The summed E-state index contributed by atoms with van der Waals surface area (Å²) < 4.78 is 4.98. The van der Waals surface area contributed by atoms with Crippen LogP contribution in [-0.2, 0) is 14.3 Å². The van der Waals surface area contributed by atoms with E-state index in [1.807, 2.05) is 0 Å². The van der Waals surface area contributed by atoms with Gasteiger partial charge in [-0.3, -0.25) is 4.79 Å². The number of amides is 1. The molecule has 0 aromatic rings. The van der Waals surface area contributed by atoms with Crippen molar-refractivity contribution >= 4 is 11.9 Å². The maximum atomic E-state index is 12.4. The van der Waals surface area contributed by atoms with Crippen molar-refractivity contribution in [2.45, 2.75) is 76.3 Å². The van der Waals surface area contributed by atoms with E-state index in [9.17, 15) is 9.59 Å². The van der Waals surface area contributed by atoms with Gasteiger partial charge in [-0.15, -0.1) is 0 Å². The second-order valence-corrected chi connectivity index (χ2v) is 7.03. The average molecular weight is 310 g/mol. The summed E-state index contributed by atoms with van der Waals surface area (Å²) in [5.74, 6) is 0.549. The predicted octanol–water partition coefficient (Wildman–Crippen LogP) is 2.13. The molecule has 1 amide bonds. The first-order valence-corrected chi connectivity index (χ1v) is 8.65. The molecule has 2 aliphatic rings. The van der Waals surface area contributed by atoms with Crippen LogP contribution < -0.4 is 11.1 Å². The van der Waals surface area contributed by atoms with Gasteiger partial charge in [0.05, 0.1) is 7.11 Å². The van der Waals surface area contributed by atoms with Crippen molar-refractivity contribution in [3.05, 3.63) is 0 Å². The minimum atomic E-state index is -0.819. The summed E-state index contributed by atoms with van der Waals surface area (Å²) in [6.45, 7) is 2.18. The van der Waals surface area contributed by atoms with Crippen LogP contribution in [0.5, 0.6) is 0 Å². The Bertz CT molecular complexity index is 403. The maximum Gasteiger partial charge on any atom is 0.331 e. The Morgan fingerprint density at radius 3 is 2.41 bits per heavy atom. The smallest absolute Gasteiger partial charge is 0.331 e. The van der Waals surface area contributed by atoms with Crippen LogP contribution in [0.15, 0.2) is 0 Å². The fourth-order valence-corrected chi connectivity index (χ4v) is 4.03. The molecule has 2 rings (SSSR count). The predicted molar refractivity (Wildman–Crippen MR) is 85.1 cm³/mol. The summed E-state index contributed by atoms with van der Waals surface area (Å²) in [6.07, 6.45) is 7.96. The van der Waals surface area contributed by atoms with Gasteiger partial charge in [-0.1, -0.05) is 19.8 Å². The molecule has 0 aromatic heterocycles. The topological polar surface area (TPSA) is 81.4 Å². The maximum absolute atomic E-state index is 12.4. The van der Waals surface area contributed by atoms with Gasteiger partial charge in [-0.2, -0.15) is 0 Å². The number of rotatable bonds is 5. The van der Waals surface area contributed by atoms with Gasteiger partial charge in [-0.25, -0.2) is 4.79 Å². The highest BCUT2D eigenvalue weighted by Gasteiger charge is 2.44. The Balaban J connectivity index is 1.98. The van der Waals surface area contributed by atoms with Crippen LogP contribution >= 0.6 is 0 Å². The molecule has 2 saturated carbocycles. The van der Waals surface area contributed by atoms with Crippen molar-refractivity contribution in [1.82, 2.24) is 5.32 Å². The minimum absolute atomic E-state index is 0.0531. The molecular weight excluding hydrogens is 280 g/mol. The van der Waals surface area contributed by atoms with Gasteiger partial charge in [0, 0.05) is 12.5 Å². The first kappa shape index (κ1) is 17.3. The van der Waals surface area contributed by atoms with E-state index >= 15 is 0 Å². The van der Waals surface area contributed by atoms with Gasteiger partial charge in [0.15, 0.2) is 0 Å². The normalized spacial score (nSPS) is 35.1. The molecule has 0 spiro atoms. The van der Waals surface area contributed by atoms with E-state index < -0.39 is 5.54 Å². The molecule has 0 heterocycles. The third-order valence-electron chi connectivity index (χ3n) is 5.66. The number of nitrogens with one attached hydrogen (secondary N) is 1. The highest BCUT2D eigenvalue weighted by atomic mass is 16.5. The van der Waals surface area contributed by atoms with E-state index in [2.05, 4.69) is 12.2 Å². The zero-order chi connectivity index (χ0) is 16.2. The minimum Gasteiger partial charge on any atom is -0.467 e. The third-order valence-corrected chi connectivity index (χ3v) is 5.66. The van der Waals surface area contributed by atoms with Crippen molar-refractivity contribution in [3.8, 4) is 0 Å². The van der Waals surface area contributed by atoms with Gasteiger partial charge in [0.25, 0.3) is 0 Å². The highest BCUT2D eigenvalue weighted by molar-refractivity contribution is 5.88. The fourth-order valence-electron chi connectivity index (χ4n) is 4.03.